The normalized spacial score (nSPS) is 11.4. The van der Waals surface area contributed by atoms with Gasteiger partial charge in [-0.1, -0.05) is 0 Å². The largest absolute Gasteiger partial charge is 0.383 e. The van der Waals surface area contributed by atoms with Crippen molar-refractivity contribution in [2.24, 2.45) is 7.05 Å². The highest BCUT2D eigenvalue weighted by Gasteiger charge is 2.19. The fourth-order valence-electron chi connectivity index (χ4n) is 3.80. The first-order valence-electron chi connectivity index (χ1n) is 12.1. The maximum atomic E-state index is 13.2. The van der Waals surface area contributed by atoms with Gasteiger partial charge in [-0.25, -0.2) is 4.52 Å². The Labute approximate surface area is 224 Å². The van der Waals surface area contributed by atoms with Crippen LogP contribution in [0.5, 0.6) is 0 Å². The van der Waals surface area contributed by atoms with E-state index in [-0.39, 0.29) is 11.8 Å². The van der Waals surface area contributed by atoms with Gasteiger partial charge in [0, 0.05) is 71.6 Å². The first kappa shape index (κ1) is 27.4. The summed E-state index contributed by atoms with van der Waals surface area (Å²) in [5, 5.41) is 14.3. The lowest BCUT2D eigenvalue weighted by molar-refractivity contribution is 0.0930. The molecule has 202 valence electrons. The molecule has 4 rings (SSSR count). The zero-order valence-electron chi connectivity index (χ0n) is 21.9. The van der Waals surface area contributed by atoms with Crippen LogP contribution in [-0.4, -0.2) is 94.7 Å². The SMILES string of the molecule is COCCN(CCNC(=O)c1cnc(C)c(NC(=O)c2cnn3cc(-c4cnn(C)c4)sc23)c1)CCOC. The molecular weight excluding hydrogens is 508 g/mol. The molecule has 0 aromatic carbocycles. The third kappa shape index (κ3) is 6.61. The molecule has 2 amide bonds. The summed E-state index contributed by atoms with van der Waals surface area (Å²) in [5.74, 6) is -0.590. The minimum atomic E-state index is -0.325. The summed E-state index contributed by atoms with van der Waals surface area (Å²) < 4.78 is 13.7. The molecule has 0 radical (unpaired) electrons. The van der Waals surface area contributed by atoms with Gasteiger partial charge >= 0.3 is 0 Å². The second-order valence-corrected chi connectivity index (χ2v) is 9.73. The zero-order chi connectivity index (χ0) is 27.1. The highest BCUT2D eigenvalue weighted by molar-refractivity contribution is 7.21. The Bertz CT molecular complexity index is 1390. The molecule has 4 aromatic heterocycles. The number of methoxy groups -OCH3 is 2. The predicted molar refractivity (Wildman–Crippen MR) is 145 cm³/mol. The van der Waals surface area contributed by atoms with Crippen molar-refractivity contribution >= 4 is 33.7 Å². The lowest BCUT2D eigenvalue weighted by atomic mass is 10.2. The Morgan fingerprint density at radius 2 is 1.79 bits per heavy atom. The zero-order valence-corrected chi connectivity index (χ0v) is 22.7. The van der Waals surface area contributed by atoms with Crippen LogP contribution in [0.1, 0.15) is 26.4 Å². The van der Waals surface area contributed by atoms with E-state index in [1.54, 1.807) is 42.6 Å². The quantitative estimate of drug-likeness (QED) is 0.264. The number of fused-ring (bicyclic) bond motifs is 1. The average molecular weight is 541 g/mol. The van der Waals surface area contributed by atoms with Gasteiger partial charge in [0.2, 0.25) is 0 Å². The molecule has 13 heteroatoms. The van der Waals surface area contributed by atoms with Crippen LogP contribution in [0.3, 0.4) is 0 Å². The summed E-state index contributed by atoms with van der Waals surface area (Å²) in [5.41, 5.74) is 2.82. The molecule has 2 N–H and O–H groups in total. The molecule has 0 saturated carbocycles. The fourth-order valence-corrected chi connectivity index (χ4v) is 4.84. The number of pyridine rings is 1. The number of anilines is 1. The predicted octanol–water partition coefficient (Wildman–Crippen LogP) is 2.08. The van der Waals surface area contributed by atoms with Gasteiger partial charge in [-0.3, -0.25) is 24.2 Å². The Hall–Kier alpha value is -3.65. The van der Waals surface area contributed by atoms with Crippen molar-refractivity contribution < 1.29 is 19.1 Å². The van der Waals surface area contributed by atoms with Gasteiger partial charge in [-0.15, -0.1) is 11.3 Å². The van der Waals surface area contributed by atoms with Crippen LogP contribution < -0.4 is 10.6 Å². The molecule has 0 fully saturated rings. The van der Waals surface area contributed by atoms with Crippen LogP contribution in [0.15, 0.2) is 37.1 Å². The number of hydrogen-bond acceptors (Lipinski definition) is 9. The second-order valence-electron chi connectivity index (χ2n) is 8.70. The Kier molecular flexibility index (Phi) is 9.18. The smallest absolute Gasteiger partial charge is 0.260 e. The van der Waals surface area contributed by atoms with Crippen molar-refractivity contribution in [3.8, 4) is 10.4 Å². The third-order valence-electron chi connectivity index (χ3n) is 5.96. The minimum absolute atomic E-state index is 0.265. The maximum Gasteiger partial charge on any atom is 0.260 e. The van der Waals surface area contributed by atoms with Gasteiger partial charge in [0.1, 0.15) is 4.83 Å². The fraction of sp³-hybridized carbons (Fsp3) is 0.400. The number of carbonyl (C=O) groups excluding carboxylic acids is 2. The first-order valence-corrected chi connectivity index (χ1v) is 12.9. The van der Waals surface area contributed by atoms with E-state index in [4.69, 9.17) is 9.47 Å². The summed E-state index contributed by atoms with van der Waals surface area (Å²) in [6.07, 6.45) is 8.59. The summed E-state index contributed by atoms with van der Waals surface area (Å²) in [6.45, 7) is 5.57. The highest BCUT2D eigenvalue weighted by Crippen LogP contribution is 2.30. The molecule has 0 spiro atoms. The number of ether oxygens (including phenoxy) is 2. The van der Waals surface area contributed by atoms with Crippen LogP contribution >= 0.6 is 11.3 Å². The number of rotatable bonds is 13. The number of carbonyl (C=O) groups is 2. The summed E-state index contributed by atoms with van der Waals surface area (Å²) in [6, 6.07) is 1.64. The highest BCUT2D eigenvalue weighted by atomic mass is 32.1. The van der Waals surface area contributed by atoms with Crippen molar-refractivity contribution in [3.05, 3.63) is 53.9 Å². The van der Waals surface area contributed by atoms with Gasteiger partial charge in [0.25, 0.3) is 11.8 Å². The number of thiazole rings is 1. The van der Waals surface area contributed by atoms with E-state index in [9.17, 15) is 9.59 Å². The van der Waals surface area contributed by atoms with Crippen LogP contribution in [0.25, 0.3) is 15.3 Å². The molecule has 0 unspecified atom stereocenters. The molecule has 4 heterocycles. The molecular formula is C25H32N8O4S. The first-order chi connectivity index (χ1) is 18.4. The Balaban J connectivity index is 1.41. The molecule has 0 bridgehead atoms. The Morgan fingerprint density at radius 1 is 1.03 bits per heavy atom. The standard InChI is InChI=1S/C25H32N8O4S/c1-17-21(11-18(12-27-17)23(34)26-5-6-32(7-9-36-3)8-10-37-4)30-24(35)20-14-29-33-16-22(38-25(20)33)19-13-28-31(2)15-19/h11-16H,5-10H2,1-4H3,(H,26,34)(H,30,35). The van der Waals surface area contributed by atoms with E-state index in [1.165, 1.54) is 23.7 Å². The number of aryl methyl sites for hydroxylation is 2. The van der Waals surface area contributed by atoms with Gasteiger partial charge < -0.3 is 20.1 Å². The lowest BCUT2D eigenvalue weighted by Gasteiger charge is -2.21. The van der Waals surface area contributed by atoms with E-state index in [0.717, 1.165) is 23.5 Å². The minimum Gasteiger partial charge on any atom is -0.383 e. The van der Waals surface area contributed by atoms with Crippen molar-refractivity contribution in [1.82, 2.24) is 34.6 Å². The van der Waals surface area contributed by atoms with Crippen LogP contribution in [0.4, 0.5) is 5.69 Å². The van der Waals surface area contributed by atoms with Gasteiger partial charge in [-0.05, 0) is 13.0 Å². The monoisotopic (exact) mass is 540 g/mol. The number of amides is 2. The van der Waals surface area contributed by atoms with Crippen LogP contribution in [0.2, 0.25) is 0 Å². The third-order valence-corrected chi connectivity index (χ3v) is 7.13. The van der Waals surface area contributed by atoms with Crippen molar-refractivity contribution in [1.29, 1.82) is 0 Å². The van der Waals surface area contributed by atoms with Gasteiger partial charge in [0.05, 0.1) is 53.0 Å². The van der Waals surface area contributed by atoms with Gasteiger partial charge in [-0.2, -0.15) is 10.2 Å². The van der Waals surface area contributed by atoms with E-state index in [0.29, 0.717) is 53.6 Å². The number of nitrogens with zero attached hydrogens (tertiary/aromatic N) is 6. The second kappa shape index (κ2) is 12.7. The topological polar surface area (TPSA) is 128 Å². The van der Waals surface area contributed by atoms with E-state index >= 15 is 0 Å². The molecule has 38 heavy (non-hydrogen) atoms. The molecule has 0 saturated heterocycles. The Morgan fingerprint density at radius 3 is 2.47 bits per heavy atom. The average Bonchev–Trinajstić information content (AvgIpc) is 3.62. The van der Waals surface area contributed by atoms with Gasteiger partial charge in [0.15, 0.2) is 0 Å². The molecule has 12 nitrogen and oxygen atoms in total. The van der Waals surface area contributed by atoms with Crippen LogP contribution in [0, 0.1) is 6.92 Å². The summed E-state index contributed by atoms with van der Waals surface area (Å²) in [4.78, 5) is 34.1. The molecule has 4 aromatic rings. The number of nitrogens with one attached hydrogen (secondary N) is 2. The summed E-state index contributed by atoms with van der Waals surface area (Å²) >= 11 is 1.46. The van der Waals surface area contributed by atoms with E-state index in [2.05, 4.69) is 30.7 Å². The van der Waals surface area contributed by atoms with Crippen molar-refractivity contribution in [2.45, 2.75) is 6.92 Å². The lowest BCUT2D eigenvalue weighted by Crippen LogP contribution is -2.38. The number of hydrogen-bond donors (Lipinski definition) is 2. The molecule has 0 aliphatic rings. The van der Waals surface area contributed by atoms with E-state index < -0.39 is 0 Å². The summed E-state index contributed by atoms with van der Waals surface area (Å²) in [7, 11) is 5.17. The molecule has 0 atom stereocenters. The molecule has 0 aliphatic heterocycles. The maximum absolute atomic E-state index is 13.2. The number of aromatic nitrogens is 5. The van der Waals surface area contributed by atoms with Crippen LogP contribution in [-0.2, 0) is 16.5 Å². The molecule has 0 aliphatic carbocycles. The van der Waals surface area contributed by atoms with E-state index in [1.807, 2.05) is 19.4 Å². The van der Waals surface area contributed by atoms with Crippen molar-refractivity contribution in [2.75, 3.05) is 58.9 Å². The van der Waals surface area contributed by atoms with Crippen molar-refractivity contribution in [3.63, 3.8) is 0 Å².